The number of ether oxygens (including phenoxy) is 3. The van der Waals surface area contributed by atoms with Gasteiger partial charge in [0.15, 0.2) is 11.5 Å². The fourth-order valence-electron chi connectivity index (χ4n) is 2.77. The van der Waals surface area contributed by atoms with Gasteiger partial charge in [0.1, 0.15) is 14.3 Å². The highest BCUT2D eigenvalue weighted by Crippen LogP contribution is 2.36. The van der Waals surface area contributed by atoms with E-state index in [0.717, 1.165) is 0 Å². The molecule has 1 saturated heterocycles. The molecule has 4 nitrogen and oxygen atoms in total. The van der Waals surface area contributed by atoms with Gasteiger partial charge in [-0.3, -0.25) is 0 Å². The van der Waals surface area contributed by atoms with Gasteiger partial charge in [-0.15, -0.1) is 0 Å². The predicted octanol–water partition coefficient (Wildman–Crippen LogP) is 3.33. The SMILES string of the molecule is [2H]c1c([2H])c(C2CCNC([2H])([2H])[C@H]2COc2ccc3c(c2)OC([2H])([2H])O3)c([2H])c([2H])c1F. The average Bonchev–Trinajstić information content (AvgIpc) is 3.03. The summed E-state index contributed by atoms with van der Waals surface area (Å²) in [5.74, 6) is -2.33. The van der Waals surface area contributed by atoms with Gasteiger partial charge in [-0.25, -0.2) is 4.39 Å². The van der Waals surface area contributed by atoms with E-state index in [-0.39, 0.29) is 36.0 Å². The zero-order valence-corrected chi connectivity index (χ0v) is 12.6. The molecule has 2 aromatic carbocycles. The quantitative estimate of drug-likeness (QED) is 0.929. The highest BCUT2D eigenvalue weighted by Gasteiger charge is 2.27. The summed E-state index contributed by atoms with van der Waals surface area (Å²) in [5.41, 5.74) is -0.0424. The average molecular weight is 337 g/mol. The Balaban J connectivity index is 1.64. The molecule has 2 atom stereocenters. The third kappa shape index (κ3) is 3.17. The van der Waals surface area contributed by atoms with Gasteiger partial charge in [-0.1, -0.05) is 12.1 Å². The summed E-state index contributed by atoms with van der Waals surface area (Å²) in [4.78, 5) is 0. The van der Waals surface area contributed by atoms with E-state index in [4.69, 9.17) is 25.2 Å². The minimum Gasteiger partial charge on any atom is -0.493 e. The molecular weight excluding hydrogens is 309 g/mol. The Morgan fingerprint density at radius 1 is 1.25 bits per heavy atom. The second-order valence-electron chi connectivity index (χ2n) is 5.51. The highest BCUT2D eigenvalue weighted by atomic mass is 19.1. The molecule has 2 aliphatic rings. The van der Waals surface area contributed by atoms with E-state index in [1.54, 1.807) is 0 Å². The second-order valence-corrected chi connectivity index (χ2v) is 5.51. The number of halogens is 1. The van der Waals surface area contributed by atoms with Crippen LogP contribution >= 0.6 is 0 Å². The molecule has 0 saturated carbocycles. The number of rotatable bonds is 4. The zero-order valence-electron chi connectivity index (χ0n) is 20.6. The largest absolute Gasteiger partial charge is 0.493 e. The summed E-state index contributed by atoms with van der Waals surface area (Å²) in [6, 6.07) is 1.76. The van der Waals surface area contributed by atoms with Crippen LogP contribution in [0.5, 0.6) is 17.2 Å². The van der Waals surface area contributed by atoms with Crippen LogP contribution in [0.4, 0.5) is 4.39 Å². The van der Waals surface area contributed by atoms with E-state index in [1.807, 2.05) is 0 Å². The number of benzene rings is 2. The number of nitrogens with one attached hydrogen (secondary N) is 1. The fraction of sp³-hybridized carbons (Fsp3) is 0.368. The Bertz CT molecular complexity index is 1040. The van der Waals surface area contributed by atoms with Crippen molar-refractivity contribution in [3.05, 3.63) is 53.7 Å². The van der Waals surface area contributed by atoms with Crippen LogP contribution < -0.4 is 19.5 Å². The van der Waals surface area contributed by atoms with Crippen molar-refractivity contribution in [3.63, 3.8) is 0 Å². The lowest BCUT2D eigenvalue weighted by atomic mass is 9.81. The molecule has 4 rings (SSSR count). The molecule has 0 bridgehead atoms. The Labute approximate surface area is 151 Å². The molecule has 0 amide bonds. The van der Waals surface area contributed by atoms with E-state index in [2.05, 4.69) is 5.32 Å². The predicted molar refractivity (Wildman–Crippen MR) is 88.2 cm³/mol. The van der Waals surface area contributed by atoms with Crippen LogP contribution in [0.15, 0.2) is 42.4 Å². The molecule has 1 unspecified atom stereocenters. The smallest absolute Gasteiger partial charge is 0.231 e. The minimum absolute atomic E-state index is 0.0424. The molecule has 0 aromatic heterocycles. The molecule has 2 aliphatic heterocycles. The van der Waals surface area contributed by atoms with Gasteiger partial charge in [0.05, 0.1) is 12.1 Å². The van der Waals surface area contributed by atoms with E-state index in [9.17, 15) is 4.39 Å². The van der Waals surface area contributed by atoms with Gasteiger partial charge < -0.3 is 19.5 Å². The first kappa shape index (κ1) is 8.72. The van der Waals surface area contributed by atoms with E-state index in [0.29, 0.717) is 6.42 Å². The molecule has 1 fully saturated rings. The lowest BCUT2D eigenvalue weighted by Crippen LogP contribution is -2.38. The zero-order chi connectivity index (χ0) is 23.4. The Morgan fingerprint density at radius 2 is 2.08 bits per heavy atom. The fourth-order valence-corrected chi connectivity index (χ4v) is 2.77. The van der Waals surface area contributed by atoms with Crippen molar-refractivity contribution in [2.75, 3.05) is 26.4 Å². The number of fused-ring (bicyclic) bond motifs is 1. The van der Waals surface area contributed by atoms with Crippen molar-refractivity contribution in [1.82, 2.24) is 5.32 Å². The van der Waals surface area contributed by atoms with Crippen LogP contribution in [0.2, 0.25) is 0 Å². The van der Waals surface area contributed by atoms with Crippen LogP contribution in [0.3, 0.4) is 0 Å². The number of hydrogen-bond acceptors (Lipinski definition) is 4. The normalized spacial score (nSPS) is 31.4. The molecular formula is C19H20FNO3. The second kappa shape index (κ2) is 6.69. The molecule has 0 aliphatic carbocycles. The number of piperidine rings is 1. The molecule has 0 spiro atoms. The monoisotopic (exact) mass is 337 g/mol. The Hall–Kier alpha value is -2.27. The Morgan fingerprint density at radius 3 is 2.96 bits per heavy atom. The summed E-state index contributed by atoms with van der Waals surface area (Å²) in [5, 5.41) is 2.75. The first-order valence-electron chi connectivity index (χ1n) is 11.6. The van der Waals surface area contributed by atoms with Crippen molar-refractivity contribution in [2.45, 2.75) is 12.3 Å². The summed E-state index contributed by atoms with van der Waals surface area (Å²) in [6.45, 7) is -4.23. The molecule has 126 valence electrons. The maximum Gasteiger partial charge on any atom is 0.231 e. The van der Waals surface area contributed by atoms with Gasteiger partial charge in [0, 0.05) is 21.2 Å². The van der Waals surface area contributed by atoms with E-state index >= 15 is 0 Å². The summed E-state index contributed by atoms with van der Waals surface area (Å²) < 4.78 is 93.5. The van der Waals surface area contributed by atoms with Crippen molar-refractivity contribution in [1.29, 1.82) is 0 Å². The third-order valence-electron chi connectivity index (χ3n) is 3.99. The molecule has 5 heteroatoms. The first-order valence-corrected chi connectivity index (χ1v) is 7.57. The summed E-state index contributed by atoms with van der Waals surface area (Å²) in [6.07, 6.45) is 0.303. The van der Waals surface area contributed by atoms with Gasteiger partial charge in [-0.05, 0) is 48.7 Å². The van der Waals surface area contributed by atoms with Crippen LogP contribution in [-0.4, -0.2) is 26.4 Å². The van der Waals surface area contributed by atoms with Gasteiger partial charge in [-0.2, -0.15) is 0 Å². The first-order chi connectivity index (χ1) is 14.9. The standard InChI is InChI=1S/C19H20FNO3/c20-15-3-1-13(2-4-15)17-7-8-21-10-14(17)11-22-16-5-6-18-19(9-16)24-12-23-18/h1-6,9,14,17,21H,7-8,10-12H2/t14-,17?/m0/s1/i1D,2D,3D,4D,10D2,12D2. The van der Waals surface area contributed by atoms with Crippen LogP contribution in [0.25, 0.3) is 0 Å². The lowest BCUT2D eigenvalue weighted by molar-refractivity contribution is 0.173. The van der Waals surface area contributed by atoms with Crippen molar-refractivity contribution in [3.8, 4) is 17.2 Å². The molecule has 24 heavy (non-hydrogen) atoms. The summed E-state index contributed by atoms with van der Waals surface area (Å²) >= 11 is 0. The van der Waals surface area contributed by atoms with E-state index in [1.165, 1.54) is 18.2 Å². The lowest BCUT2D eigenvalue weighted by Gasteiger charge is -2.32. The minimum atomic E-state index is -2.30. The number of hydrogen-bond donors (Lipinski definition) is 1. The van der Waals surface area contributed by atoms with Crippen molar-refractivity contribution < 1.29 is 29.6 Å². The van der Waals surface area contributed by atoms with Crippen LogP contribution in [0, 0.1) is 11.7 Å². The van der Waals surface area contributed by atoms with Gasteiger partial charge in [0.2, 0.25) is 6.75 Å². The topological polar surface area (TPSA) is 39.7 Å². The third-order valence-corrected chi connectivity index (χ3v) is 3.99. The molecule has 0 radical (unpaired) electrons. The molecule has 2 heterocycles. The highest BCUT2D eigenvalue weighted by molar-refractivity contribution is 5.46. The van der Waals surface area contributed by atoms with Gasteiger partial charge in [0.25, 0.3) is 0 Å². The van der Waals surface area contributed by atoms with Crippen LogP contribution in [0.1, 0.15) is 28.9 Å². The maximum atomic E-state index is 14.0. The van der Waals surface area contributed by atoms with Crippen LogP contribution in [-0.2, 0) is 0 Å². The Kier molecular flexibility index (Phi) is 2.43. The van der Waals surface area contributed by atoms with Gasteiger partial charge >= 0.3 is 0 Å². The molecule has 1 N–H and O–H groups in total. The summed E-state index contributed by atoms with van der Waals surface area (Å²) in [7, 11) is 0. The molecule has 2 aromatic rings. The van der Waals surface area contributed by atoms with Crippen molar-refractivity contribution >= 4 is 0 Å². The van der Waals surface area contributed by atoms with E-state index < -0.39 is 55.1 Å². The van der Waals surface area contributed by atoms with Crippen molar-refractivity contribution in [2.24, 2.45) is 5.92 Å². The maximum absolute atomic E-state index is 14.0.